The molecular weight excluding hydrogens is 495 g/mol. The summed E-state index contributed by atoms with van der Waals surface area (Å²) in [5.74, 6) is -3.06. The van der Waals surface area contributed by atoms with Gasteiger partial charge in [0.2, 0.25) is 0 Å². The van der Waals surface area contributed by atoms with Crippen molar-refractivity contribution in [2.75, 3.05) is 23.7 Å². The number of piperidine rings is 1. The minimum absolute atomic E-state index is 0.171. The van der Waals surface area contributed by atoms with Crippen molar-refractivity contribution in [2.45, 2.75) is 44.4 Å². The molecule has 198 valence electrons. The molecule has 37 heavy (non-hydrogen) atoms. The lowest BCUT2D eigenvalue weighted by molar-refractivity contribution is -0.192. The number of halogens is 3. The molecule has 1 aromatic carbocycles. The highest BCUT2D eigenvalue weighted by atomic mass is 19.4. The predicted molar refractivity (Wildman–Crippen MR) is 128 cm³/mol. The van der Waals surface area contributed by atoms with Crippen LogP contribution in [0.3, 0.4) is 0 Å². The Morgan fingerprint density at radius 2 is 1.84 bits per heavy atom. The van der Waals surface area contributed by atoms with Gasteiger partial charge in [-0.25, -0.2) is 9.59 Å². The first kappa shape index (κ1) is 27.4. The summed E-state index contributed by atoms with van der Waals surface area (Å²) in [6.45, 7) is 3.12. The summed E-state index contributed by atoms with van der Waals surface area (Å²) < 4.78 is 31.7. The number of rotatable bonds is 4. The zero-order valence-corrected chi connectivity index (χ0v) is 19.9. The first-order chi connectivity index (χ1) is 17.5. The minimum Gasteiger partial charge on any atom is -0.475 e. The number of alkyl halides is 3. The van der Waals surface area contributed by atoms with Crippen LogP contribution in [-0.4, -0.2) is 63.5 Å². The number of carbonyl (C=O) groups is 3. The van der Waals surface area contributed by atoms with Gasteiger partial charge in [-0.05, 0) is 49.1 Å². The van der Waals surface area contributed by atoms with E-state index in [4.69, 9.17) is 14.7 Å². The number of anilines is 2. The summed E-state index contributed by atoms with van der Waals surface area (Å²) in [5, 5.41) is 16.9. The van der Waals surface area contributed by atoms with Gasteiger partial charge >= 0.3 is 18.2 Å². The van der Waals surface area contributed by atoms with Crippen molar-refractivity contribution in [2.24, 2.45) is 5.16 Å². The Hall–Kier alpha value is -4.16. The van der Waals surface area contributed by atoms with Crippen LogP contribution >= 0.6 is 0 Å². The van der Waals surface area contributed by atoms with E-state index in [9.17, 15) is 22.8 Å². The van der Waals surface area contributed by atoms with Crippen molar-refractivity contribution in [1.82, 2.24) is 9.88 Å². The van der Waals surface area contributed by atoms with Gasteiger partial charge < -0.3 is 25.5 Å². The fraction of sp³-hybridized carbons (Fsp3) is 0.375. The number of aromatic nitrogens is 1. The number of pyridine rings is 1. The molecule has 1 aromatic heterocycles. The quantitative estimate of drug-likeness (QED) is 0.556. The summed E-state index contributed by atoms with van der Waals surface area (Å²) in [5.41, 5.74) is 2.26. The molecule has 2 aromatic rings. The average molecular weight is 521 g/mol. The van der Waals surface area contributed by atoms with Gasteiger partial charge in [0.25, 0.3) is 5.91 Å². The zero-order valence-electron chi connectivity index (χ0n) is 19.9. The largest absolute Gasteiger partial charge is 0.490 e. The highest BCUT2D eigenvalue weighted by Gasteiger charge is 2.45. The Morgan fingerprint density at radius 3 is 2.43 bits per heavy atom. The summed E-state index contributed by atoms with van der Waals surface area (Å²) in [6.07, 6.45) is 0.986. The second-order valence-corrected chi connectivity index (χ2v) is 8.49. The van der Waals surface area contributed by atoms with Gasteiger partial charge in [-0.1, -0.05) is 24.2 Å². The number of carboxylic acid groups (broad SMARTS) is 1. The van der Waals surface area contributed by atoms with Gasteiger partial charge in [0.15, 0.2) is 5.60 Å². The van der Waals surface area contributed by atoms with Gasteiger partial charge in [-0.3, -0.25) is 9.78 Å². The molecule has 2 aliphatic heterocycles. The Kier molecular flexibility index (Phi) is 8.69. The number of benzene rings is 1. The number of oxime groups is 1. The number of nitrogens with zero attached hydrogens (tertiary/aromatic N) is 3. The topological polar surface area (TPSA) is 133 Å². The summed E-state index contributed by atoms with van der Waals surface area (Å²) in [6, 6.07) is 11.2. The van der Waals surface area contributed by atoms with Crippen LogP contribution < -0.4 is 10.6 Å². The van der Waals surface area contributed by atoms with E-state index < -0.39 is 17.7 Å². The zero-order chi connectivity index (χ0) is 27.1. The molecule has 1 saturated heterocycles. The lowest BCUT2D eigenvalue weighted by Crippen LogP contribution is -2.52. The van der Waals surface area contributed by atoms with E-state index >= 15 is 0 Å². The number of urea groups is 1. The maximum Gasteiger partial charge on any atom is 0.490 e. The Morgan fingerprint density at radius 1 is 1.14 bits per heavy atom. The number of carbonyl (C=O) groups excluding carboxylic acids is 2. The number of aliphatic carboxylic acids is 1. The van der Waals surface area contributed by atoms with Crippen LogP contribution in [-0.2, 0) is 20.8 Å². The van der Waals surface area contributed by atoms with E-state index in [0.717, 1.165) is 24.9 Å². The molecule has 0 saturated carbocycles. The maximum atomic E-state index is 12.8. The molecule has 13 heteroatoms. The first-order valence-corrected chi connectivity index (χ1v) is 11.4. The normalized spacial score (nSPS) is 18.7. The fourth-order valence-corrected chi connectivity index (χ4v) is 3.80. The molecule has 2 aliphatic rings. The number of amides is 3. The van der Waals surface area contributed by atoms with E-state index in [-0.39, 0.29) is 11.9 Å². The summed E-state index contributed by atoms with van der Waals surface area (Å²) in [4.78, 5) is 45.6. The van der Waals surface area contributed by atoms with Gasteiger partial charge in [0, 0.05) is 24.8 Å². The van der Waals surface area contributed by atoms with E-state index in [1.165, 1.54) is 5.56 Å². The van der Waals surface area contributed by atoms with E-state index in [2.05, 4.69) is 27.7 Å². The van der Waals surface area contributed by atoms with Crippen LogP contribution in [0.15, 0.2) is 53.9 Å². The average Bonchev–Trinajstić information content (AvgIpc) is 3.28. The van der Waals surface area contributed by atoms with Crippen molar-refractivity contribution in [1.29, 1.82) is 0 Å². The smallest absolute Gasteiger partial charge is 0.475 e. The molecule has 1 spiro atoms. The van der Waals surface area contributed by atoms with E-state index in [1.807, 2.05) is 24.3 Å². The number of likely N-dealkylation sites (tertiary alicyclic amines) is 1. The van der Waals surface area contributed by atoms with Gasteiger partial charge in [-0.2, -0.15) is 13.2 Å². The standard InChI is InChI=1S/C22H25N5O3.C2HF3O2/c1-2-16-6-8-17(9-7-16)25-21(29)27-12-4-10-22(15-27)13-19(26-30-22)20(28)24-18-5-3-11-23-14-18;3-2(4,5)1(6)7/h3,5-9,11,14H,2,4,10,12-13,15H2,1H3,(H,24,28)(H,25,29);(H,6,7). The highest BCUT2D eigenvalue weighted by molar-refractivity contribution is 6.43. The van der Waals surface area contributed by atoms with Crippen molar-refractivity contribution in [3.8, 4) is 0 Å². The number of nitrogens with one attached hydrogen (secondary N) is 2. The van der Waals surface area contributed by atoms with E-state index in [1.54, 1.807) is 29.4 Å². The lowest BCUT2D eigenvalue weighted by Gasteiger charge is -2.38. The van der Waals surface area contributed by atoms with E-state index in [0.29, 0.717) is 30.9 Å². The molecule has 1 fully saturated rings. The van der Waals surface area contributed by atoms with Gasteiger partial charge in [0.05, 0.1) is 18.4 Å². The third-order valence-electron chi connectivity index (χ3n) is 5.70. The number of carboxylic acids is 1. The lowest BCUT2D eigenvalue weighted by atomic mass is 9.88. The second kappa shape index (κ2) is 11.7. The Labute approximate surface area is 210 Å². The van der Waals surface area contributed by atoms with Crippen molar-refractivity contribution in [3.63, 3.8) is 0 Å². The Balaban J connectivity index is 0.000000479. The third kappa shape index (κ3) is 7.66. The van der Waals surface area contributed by atoms with Crippen LogP contribution in [0.25, 0.3) is 0 Å². The summed E-state index contributed by atoms with van der Waals surface area (Å²) >= 11 is 0. The highest BCUT2D eigenvalue weighted by Crippen LogP contribution is 2.34. The molecule has 3 N–H and O–H groups in total. The van der Waals surface area contributed by atoms with Crippen molar-refractivity contribution >= 4 is 35.0 Å². The molecular formula is C24H26F3N5O5. The number of hydrogen-bond acceptors (Lipinski definition) is 6. The van der Waals surface area contributed by atoms with Crippen LogP contribution in [0.5, 0.6) is 0 Å². The van der Waals surface area contributed by atoms with Gasteiger partial charge in [-0.15, -0.1) is 0 Å². The third-order valence-corrected chi connectivity index (χ3v) is 5.70. The fourth-order valence-electron chi connectivity index (χ4n) is 3.80. The van der Waals surface area contributed by atoms with Crippen LogP contribution in [0.2, 0.25) is 0 Å². The second-order valence-electron chi connectivity index (χ2n) is 8.49. The van der Waals surface area contributed by atoms with Crippen LogP contribution in [0, 0.1) is 0 Å². The molecule has 3 heterocycles. The monoisotopic (exact) mass is 521 g/mol. The SMILES string of the molecule is CCc1ccc(NC(=O)N2CCCC3(CC(C(=O)Nc4cccnc4)=NO3)C2)cc1.O=C(O)C(F)(F)F. The van der Waals surface area contributed by atoms with Crippen LogP contribution in [0.4, 0.5) is 29.3 Å². The molecule has 10 nitrogen and oxygen atoms in total. The molecule has 0 radical (unpaired) electrons. The Bertz CT molecular complexity index is 1140. The minimum atomic E-state index is -5.08. The van der Waals surface area contributed by atoms with Crippen molar-refractivity contribution < 1.29 is 37.5 Å². The molecule has 0 bridgehead atoms. The van der Waals surface area contributed by atoms with Gasteiger partial charge in [0.1, 0.15) is 5.71 Å². The molecule has 4 rings (SSSR count). The predicted octanol–water partition coefficient (Wildman–Crippen LogP) is 4.06. The van der Waals surface area contributed by atoms with Crippen molar-refractivity contribution in [3.05, 3.63) is 54.4 Å². The summed E-state index contributed by atoms with van der Waals surface area (Å²) in [7, 11) is 0. The number of hydrogen-bond donors (Lipinski definition) is 3. The molecule has 3 amide bonds. The molecule has 0 aliphatic carbocycles. The number of aryl methyl sites for hydroxylation is 1. The van der Waals surface area contributed by atoms with Crippen LogP contribution in [0.1, 0.15) is 31.7 Å². The molecule has 1 unspecified atom stereocenters. The first-order valence-electron chi connectivity index (χ1n) is 11.4. The maximum absolute atomic E-state index is 12.8. The molecule has 1 atom stereocenters.